The third-order valence-electron chi connectivity index (χ3n) is 6.61. The van der Waals surface area contributed by atoms with Gasteiger partial charge in [-0.25, -0.2) is 13.2 Å². The van der Waals surface area contributed by atoms with Gasteiger partial charge < -0.3 is 5.11 Å². The SMILES string of the molecule is Cc1ccc([C@@H]2CC=C(C(=O)O)[C@H](c3ccc(C(C)(C)C)cc3)N2S(=O)(=O)c2ccc(Cl)cc2)cc1. The van der Waals surface area contributed by atoms with Crippen molar-refractivity contribution in [2.45, 2.75) is 56.5 Å². The van der Waals surface area contributed by atoms with Crippen LogP contribution in [0.25, 0.3) is 0 Å². The summed E-state index contributed by atoms with van der Waals surface area (Å²) in [7, 11) is -4.12. The Morgan fingerprint density at radius 1 is 0.917 bits per heavy atom. The molecule has 0 aromatic heterocycles. The van der Waals surface area contributed by atoms with Gasteiger partial charge in [0.05, 0.1) is 22.6 Å². The number of hydrogen-bond acceptors (Lipinski definition) is 3. The van der Waals surface area contributed by atoms with E-state index in [1.54, 1.807) is 6.08 Å². The van der Waals surface area contributed by atoms with Crippen LogP contribution < -0.4 is 0 Å². The number of carboxylic acids is 1. The Morgan fingerprint density at radius 2 is 1.47 bits per heavy atom. The normalized spacial score (nSPS) is 19.1. The lowest BCUT2D eigenvalue weighted by Gasteiger charge is -2.40. The van der Waals surface area contributed by atoms with Crippen LogP contribution in [0.3, 0.4) is 0 Å². The smallest absolute Gasteiger partial charge is 0.333 e. The van der Waals surface area contributed by atoms with Gasteiger partial charge in [-0.1, -0.05) is 92.5 Å². The molecule has 0 spiro atoms. The predicted octanol–water partition coefficient (Wildman–Crippen LogP) is 6.83. The third kappa shape index (κ3) is 5.12. The summed E-state index contributed by atoms with van der Waals surface area (Å²) in [6.07, 6.45) is 1.90. The van der Waals surface area contributed by atoms with Gasteiger partial charge in [0, 0.05) is 5.02 Å². The molecule has 0 amide bonds. The van der Waals surface area contributed by atoms with Gasteiger partial charge in [0.15, 0.2) is 0 Å². The Morgan fingerprint density at radius 3 is 2.00 bits per heavy atom. The van der Waals surface area contributed by atoms with Crippen LogP contribution >= 0.6 is 11.6 Å². The van der Waals surface area contributed by atoms with Crippen LogP contribution in [0.4, 0.5) is 0 Å². The van der Waals surface area contributed by atoms with E-state index < -0.39 is 28.1 Å². The van der Waals surface area contributed by atoms with E-state index in [0.717, 1.165) is 16.7 Å². The van der Waals surface area contributed by atoms with Gasteiger partial charge in [-0.3, -0.25) is 0 Å². The lowest BCUT2D eigenvalue weighted by Crippen LogP contribution is -2.42. The summed E-state index contributed by atoms with van der Waals surface area (Å²) in [5.41, 5.74) is 3.47. The molecule has 1 aliphatic rings. The molecule has 0 aliphatic carbocycles. The third-order valence-corrected chi connectivity index (χ3v) is 8.75. The molecule has 1 N–H and O–H groups in total. The number of benzene rings is 3. The van der Waals surface area contributed by atoms with E-state index in [4.69, 9.17) is 11.6 Å². The molecule has 36 heavy (non-hydrogen) atoms. The number of sulfonamides is 1. The Balaban J connectivity index is 1.94. The lowest BCUT2D eigenvalue weighted by molar-refractivity contribution is -0.133. The van der Waals surface area contributed by atoms with Crippen molar-refractivity contribution in [2.24, 2.45) is 0 Å². The van der Waals surface area contributed by atoms with Crippen LogP contribution in [0.1, 0.15) is 61.5 Å². The number of aliphatic carboxylic acids is 1. The predicted molar refractivity (Wildman–Crippen MR) is 143 cm³/mol. The van der Waals surface area contributed by atoms with Crippen LogP contribution in [0.2, 0.25) is 5.02 Å². The zero-order valence-corrected chi connectivity index (χ0v) is 22.3. The summed E-state index contributed by atoms with van der Waals surface area (Å²) in [5.74, 6) is -1.14. The molecule has 7 heteroatoms. The molecule has 4 rings (SSSR count). The summed E-state index contributed by atoms with van der Waals surface area (Å²) in [6, 6.07) is 19.6. The van der Waals surface area contributed by atoms with Crippen molar-refractivity contribution in [1.29, 1.82) is 0 Å². The van der Waals surface area contributed by atoms with Crippen molar-refractivity contribution in [1.82, 2.24) is 4.31 Å². The van der Waals surface area contributed by atoms with E-state index in [0.29, 0.717) is 10.6 Å². The summed E-state index contributed by atoms with van der Waals surface area (Å²) in [4.78, 5) is 12.5. The molecule has 3 aromatic rings. The maximum atomic E-state index is 14.2. The van der Waals surface area contributed by atoms with Crippen LogP contribution in [0, 0.1) is 6.92 Å². The molecule has 0 fully saturated rings. The first-order valence-corrected chi connectivity index (χ1v) is 13.6. The number of aryl methyl sites for hydroxylation is 1. The van der Waals surface area contributed by atoms with Crippen LogP contribution in [0.5, 0.6) is 0 Å². The molecule has 0 saturated heterocycles. The molecule has 1 heterocycles. The number of carboxylic acid groups (broad SMARTS) is 1. The lowest BCUT2D eigenvalue weighted by atomic mass is 9.84. The maximum Gasteiger partial charge on any atom is 0.333 e. The van der Waals surface area contributed by atoms with Gasteiger partial charge in [-0.05, 0) is 59.7 Å². The average molecular weight is 524 g/mol. The first kappa shape index (κ1) is 26.1. The van der Waals surface area contributed by atoms with Crippen molar-refractivity contribution in [2.75, 3.05) is 0 Å². The number of hydrogen-bond donors (Lipinski definition) is 1. The first-order valence-electron chi connectivity index (χ1n) is 11.8. The van der Waals surface area contributed by atoms with E-state index in [-0.39, 0.29) is 22.3 Å². The molecule has 0 bridgehead atoms. The van der Waals surface area contributed by atoms with Crippen molar-refractivity contribution >= 4 is 27.6 Å². The van der Waals surface area contributed by atoms with Gasteiger partial charge in [-0.15, -0.1) is 0 Å². The Labute approximate surface area is 218 Å². The highest BCUT2D eigenvalue weighted by Gasteiger charge is 2.44. The molecule has 0 radical (unpaired) electrons. The van der Waals surface area contributed by atoms with Crippen molar-refractivity contribution < 1.29 is 18.3 Å². The largest absolute Gasteiger partial charge is 0.478 e. The minimum absolute atomic E-state index is 0.0411. The first-order chi connectivity index (χ1) is 16.9. The zero-order valence-electron chi connectivity index (χ0n) is 20.8. The second-order valence-corrected chi connectivity index (χ2v) is 12.5. The highest BCUT2D eigenvalue weighted by molar-refractivity contribution is 7.89. The summed E-state index contributed by atoms with van der Waals surface area (Å²) in [5, 5.41) is 10.5. The minimum atomic E-state index is -4.12. The van der Waals surface area contributed by atoms with Gasteiger partial charge in [0.25, 0.3) is 0 Å². The molecule has 1 aliphatic heterocycles. The fourth-order valence-corrected chi connectivity index (χ4v) is 6.48. The van der Waals surface area contributed by atoms with Gasteiger partial charge >= 0.3 is 5.97 Å². The van der Waals surface area contributed by atoms with Crippen molar-refractivity contribution in [3.63, 3.8) is 0 Å². The zero-order chi connectivity index (χ0) is 26.3. The number of nitrogens with zero attached hydrogens (tertiary/aromatic N) is 1. The maximum absolute atomic E-state index is 14.2. The van der Waals surface area contributed by atoms with Crippen LogP contribution in [-0.4, -0.2) is 23.8 Å². The van der Waals surface area contributed by atoms with Crippen molar-refractivity contribution in [3.05, 3.63) is 112 Å². The minimum Gasteiger partial charge on any atom is -0.478 e. The molecule has 5 nitrogen and oxygen atoms in total. The topological polar surface area (TPSA) is 74.7 Å². The second-order valence-electron chi connectivity index (χ2n) is 10.2. The second kappa shape index (κ2) is 9.85. The Bertz CT molecular complexity index is 1390. The molecule has 3 aromatic carbocycles. The Hall–Kier alpha value is -2.93. The Kier molecular flexibility index (Phi) is 7.15. The quantitative estimate of drug-likeness (QED) is 0.397. The standard InChI is InChI=1S/C29H30ClNO4S/c1-19-5-7-20(8-6-19)26-18-17-25(28(32)33)27(21-9-11-22(12-10-21)29(2,3)4)31(26)36(34,35)24-15-13-23(30)14-16-24/h5-17,26-27H,18H2,1-4H3,(H,32,33)/t26-,27-/m0/s1. The molecule has 0 saturated carbocycles. The highest BCUT2D eigenvalue weighted by atomic mass is 35.5. The summed E-state index contributed by atoms with van der Waals surface area (Å²) >= 11 is 6.03. The highest BCUT2D eigenvalue weighted by Crippen LogP contribution is 2.46. The molecular weight excluding hydrogens is 494 g/mol. The molecule has 0 unspecified atom stereocenters. The van der Waals surface area contributed by atoms with Gasteiger partial charge in [0.2, 0.25) is 10.0 Å². The molecule has 2 atom stereocenters. The fraction of sp³-hybridized carbons (Fsp3) is 0.276. The van der Waals surface area contributed by atoms with Crippen LogP contribution in [-0.2, 0) is 20.2 Å². The van der Waals surface area contributed by atoms with E-state index in [1.807, 2.05) is 55.5 Å². The van der Waals surface area contributed by atoms with Gasteiger partial charge in [-0.2, -0.15) is 4.31 Å². The monoisotopic (exact) mass is 523 g/mol. The van der Waals surface area contributed by atoms with Crippen molar-refractivity contribution in [3.8, 4) is 0 Å². The number of halogens is 1. The summed E-state index contributed by atoms with van der Waals surface area (Å²) in [6.45, 7) is 8.25. The number of rotatable bonds is 5. The van der Waals surface area contributed by atoms with Gasteiger partial charge in [0.1, 0.15) is 0 Å². The fourth-order valence-electron chi connectivity index (χ4n) is 4.57. The molecule has 188 valence electrons. The van der Waals surface area contributed by atoms with E-state index in [2.05, 4.69) is 20.8 Å². The van der Waals surface area contributed by atoms with E-state index in [1.165, 1.54) is 28.6 Å². The van der Waals surface area contributed by atoms with Crippen LogP contribution in [0.15, 0.2) is 89.3 Å². The number of carbonyl (C=O) groups is 1. The average Bonchev–Trinajstić information content (AvgIpc) is 2.83. The summed E-state index contributed by atoms with van der Waals surface area (Å²) < 4.78 is 29.7. The molecular formula is C29H30ClNO4S. The van der Waals surface area contributed by atoms with E-state index >= 15 is 0 Å². The van der Waals surface area contributed by atoms with E-state index in [9.17, 15) is 18.3 Å².